The molecule has 4 unspecified atom stereocenters. The molecule has 228 valence electrons. The number of hydrogen-bond acceptors (Lipinski definition) is 8. The Hall–Kier alpha value is -0.340. The van der Waals surface area contributed by atoms with Gasteiger partial charge in [0.2, 0.25) is 0 Å². The van der Waals surface area contributed by atoms with Crippen LogP contribution in [0.3, 0.4) is 0 Å². The van der Waals surface area contributed by atoms with Crippen LogP contribution >= 0.6 is 0 Å². The van der Waals surface area contributed by atoms with Gasteiger partial charge < -0.3 is 10.2 Å². The number of fused-ring (bicyclic) bond motifs is 5. The molecule has 0 aromatic rings. The summed E-state index contributed by atoms with van der Waals surface area (Å²) in [5, 5.41) is 20.3. The first-order chi connectivity index (χ1) is 18.1. The van der Waals surface area contributed by atoms with Crippen molar-refractivity contribution >= 4 is 20.8 Å². The molecule has 4 N–H and O–H groups in total. The van der Waals surface area contributed by atoms with Gasteiger partial charge in [0.1, 0.15) is 6.10 Å². The Bertz CT molecular complexity index is 1060. The summed E-state index contributed by atoms with van der Waals surface area (Å²) in [7, 11) is -9.17. The van der Waals surface area contributed by atoms with Crippen LogP contribution in [0.4, 0.5) is 0 Å². The summed E-state index contributed by atoms with van der Waals surface area (Å²) in [6, 6.07) is 0. The van der Waals surface area contributed by atoms with E-state index in [1.807, 2.05) is 6.92 Å². The molecule has 0 radical (unpaired) electrons. The fraction of sp³-hybridized carbons (Fsp3) is 1.00. The molecule has 4 fully saturated rings. The molecule has 0 bridgehead atoms. The molecule has 12 heteroatoms. The Balaban J connectivity index is 1.50. The van der Waals surface area contributed by atoms with Crippen LogP contribution in [0.5, 0.6) is 0 Å². The Kier molecular flexibility index (Phi) is 9.51. The van der Waals surface area contributed by atoms with Crippen molar-refractivity contribution in [2.24, 2.45) is 52.3 Å². The zero-order chi connectivity index (χ0) is 28.8. The Morgan fingerprint density at radius 2 is 1.62 bits per heavy atom. The van der Waals surface area contributed by atoms with Crippen molar-refractivity contribution in [1.82, 2.24) is 0 Å². The largest absolute Gasteiger partial charge is 0.397 e. The third-order valence-corrected chi connectivity index (χ3v) is 12.5. The molecule has 4 aliphatic carbocycles. The lowest BCUT2D eigenvalue weighted by Gasteiger charge is -2.62. The quantitative estimate of drug-likeness (QED) is 0.256. The van der Waals surface area contributed by atoms with Crippen LogP contribution in [0.15, 0.2) is 0 Å². The second-order valence-electron chi connectivity index (χ2n) is 13.6. The van der Waals surface area contributed by atoms with E-state index < -0.39 is 33.0 Å². The number of aliphatic hydroxyl groups excluding tert-OH is 2. The van der Waals surface area contributed by atoms with Crippen molar-refractivity contribution < 1.29 is 44.5 Å². The lowest BCUT2D eigenvalue weighted by molar-refractivity contribution is -0.157. The van der Waals surface area contributed by atoms with Crippen molar-refractivity contribution in [2.45, 2.75) is 104 Å². The molecule has 10 nitrogen and oxygen atoms in total. The maximum atomic E-state index is 11.4. The van der Waals surface area contributed by atoms with Crippen LogP contribution in [-0.2, 0) is 29.2 Å². The minimum absolute atomic E-state index is 0.00821. The van der Waals surface area contributed by atoms with E-state index >= 15 is 0 Å². The Morgan fingerprint density at radius 3 is 2.26 bits per heavy atom. The van der Waals surface area contributed by atoms with Crippen LogP contribution in [-0.4, -0.2) is 61.6 Å². The lowest BCUT2D eigenvalue weighted by atomic mass is 9.44. The molecule has 4 saturated carbocycles. The Morgan fingerprint density at radius 1 is 0.923 bits per heavy atom. The summed E-state index contributed by atoms with van der Waals surface area (Å²) >= 11 is 0. The van der Waals surface area contributed by atoms with Crippen LogP contribution in [0.25, 0.3) is 0 Å². The Labute approximate surface area is 234 Å². The summed E-state index contributed by atoms with van der Waals surface area (Å²) < 4.78 is 73.8. The first-order valence-electron chi connectivity index (χ1n) is 14.6. The first-order valence-corrected chi connectivity index (χ1v) is 17.4. The summed E-state index contributed by atoms with van der Waals surface area (Å²) in [5.74, 6) is 1.98. The predicted molar refractivity (Wildman–Crippen MR) is 144 cm³/mol. The van der Waals surface area contributed by atoms with Gasteiger partial charge in [-0.1, -0.05) is 27.2 Å². The number of rotatable bonds is 11. The highest BCUT2D eigenvalue weighted by atomic mass is 32.3. The molecule has 0 aliphatic heterocycles. The highest BCUT2D eigenvalue weighted by Crippen LogP contribution is 2.68. The summed E-state index contributed by atoms with van der Waals surface area (Å²) in [5.41, 5.74) is -0.126. The van der Waals surface area contributed by atoms with Gasteiger partial charge in [0, 0.05) is 6.61 Å². The predicted octanol–water partition coefficient (Wildman–Crippen LogP) is 4.04. The minimum atomic E-state index is -4.64. The molecular weight excluding hydrogens is 548 g/mol. The highest BCUT2D eigenvalue weighted by molar-refractivity contribution is 7.81. The second-order valence-corrected chi connectivity index (χ2v) is 15.8. The van der Waals surface area contributed by atoms with Gasteiger partial charge in [-0.15, -0.1) is 0 Å². The van der Waals surface area contributed by atoms with Crippen molar-refractivity contribution in [2.75, 3.05) is 13.2 Å². The summed E-state index contributed by atoms with van der Waals surface area (Å²) in [6.45, 7) is 6.67. The summed E-state index contributed by atoms with van der Waals surface area (Å²) in [6.07, 6.45) is 7.41. The van der Waals surface area contributed by atoms with Gasteiger partial charge in [-0.25, -0.2) is 8.37 Å². The molecule has 39 heavy (non-hydrogen) atoms. The molecular formula is C27H48O10S2. The number of aliphatic hydroxyl groups is 2. The zero-order valence-electron chi connectivity index (χ0n) is 23.4. The van der Waals surface area contributed by atoms with Gasteiger partial charge in [0.15, 0.2) is 0 Å². The minimum Gasteiger partial charge on any atom is -0.396 e. The van der Waals surface area contributed by atoms with Gasteiger partial charge in [-0.3, -0.25) is 9.11 Å². The van der Waals surface area contributed by atoms with E-state index in [2.05, 4.69) is 13.8 Å². The van der Waals surface area contributed by atoms with Gasteiger partial charge in [-0.2, -0.15) is 16.8 Å². The van der Waals surface area contributed by atoms with E-state index in [-0.39, 0.29) is 47.7 Å². The third kappa shape index (κ3) is 6.84. The zero-order valence-corrected chi connectivity index (χ0v) is 25.1. The second kappa shape index (κ2) is 11.7. The van der Waals surface area contributed by atoms with Crippen LogP contribution in [0.2, 0.25) is 0 Å². The fourth-order valence-corrected chi connectivity index (χ4v) is 10.6. The molecule has 11 atom stereocenters. The molecule has 0 amide bonds. The molecule has 4 rings (SSSR count). The third-order valence-electron chi connectivity index (χ3n) is 11.6. The van der Waals surface area contributed by atoms with Crippen LogP contribution < -0.4 is 0 Å². The average Bonchev–Trinajstić information content (AvgIpc) is 3.17. The molecule has 0 aromatic carbocycles. The van der Waals surface area contributed by atoms with E-state index in [1.165, 1.54) is 0 Å². The lowest BCUT2D eigenvalue weighted by Crippen LogP contribution is -2.57. The van der Waals surface area contributed by atoms with E-state index in [0.29, 0.717) is 30.6 Å². The molecule has 4 aliphatic rings. The van der Waals surface area contributed by atoms with E-state index in [4.69, 9.17) is 8.37 Å². The fourth-order valence-electron chi connectivity index (χ4n) is 9.73. The van der Waals surface area contributed by atoms with Gasteiger partial charge in [0.05, 0.1) is 12.7 Å². The van der Waals surface area contributed by atoms with E-state index in [9.17, 15) is 36.2 Å². The van der Waals surface area contributed by atoms with Gasteiger partial charge >= 0.3 is 20.8 Å². The molecule has 0 spiro atoms. The standard InChI is InChI=1S/C27H48O10S2/c1-17(15-28)5-4-6-18(16-36-38(30,31)32)21-9-10-22-20-8-7-19-13-25(37-39(33,34)35)24(29)14-27(19,3)23(20)11-12-26(21,22)2/h17-25,28-29H,4-16H2,1-3H3,(H,30,31,32)(H,33,34,35)/t17?,18-,19?,20-,21+,22-,23-,24?,25?,26+,27-/m0/s1. The topological polar surface area (TPSA) is 168 Å². The van der Waals surface area contributed by atoms with Gasteiger partial charge in [0.25, 0.3) is 0 Å². The van der Waals surface area contributed by atoms with Crippen molar-refractivity contribution in [3.05, 3.63) is 0 Å². The van der Waals surface area contributed by atoms with Crippen molar-refractivity contribution in [3.8, 4) is 0 Å². The molecule has 0 heterocycles. The molecule has 0 saturated heterocycles. The van der Waals surface area contributed by atoms with Gasteiger partial charge in [-0.05, 0) is 116 Å². The number of hydrogen-bond donors (Lipinski definition) is 4. The maximum absolute atomic E-state index is 11.4. The summed E-state index contributed by atoms with van der Waals surface area (Å²) in [4.78, 5) is 0. The van der Waals surface area contributed by atoms with Crippen LogP contribution in [0, 0.1) is 52.3 Å². The highest BCUT2D eigenvalue weighted by Gasteiger charge is 2.62. The van der Waals surface area contributed by atoms with Crippen LogP contribution in [0.1, 0.15) is 91.4 Å². The normalized spacial score (nSPS) is 42.3. The van der Waals surface area contributed by atoms with Crippen molar-refractivity contribution in [1.29, 1.82) is 0 Å². The average molecular weight is 597 g/mol. The molecule has 0 aromatic heterocycles. The van der Waals surface area contributed by atoms with E-state index in [0.717, 1.165) is 57.8 Å². The first kappa shape index (κ1) is 31.6. The van der Waals surface area contributed by atoms with Crippen molar-refractivity contribution in [3.63, 3.8) is 0 Å². The monoisotopic (exact) mass is 596 g/mol. The smallest absolute Gasteiger partial charge is 0.396 e. The maximum Gasteiger partial charge on any atom is 0.397 e. The SMILES string of the molecule is CC(CO)CCC[C@@H](COS(=O)(=O)O)[C@H]1CC[C@H]2[C@@H]3CCC4CC(OS(=O)(=O)O)C(O)C[C@]4(C)[C@H]3CC[C@]12C. The van der Waals surface area contributed by atoms with E-state index in [1.54, 1.807) is 0 Å².